The number of unbranched alkanes of at least 4 members (excludes halogenated alkanes) is 7. The standard InChI is InChI=1S/C17H33F2NO.C13H14ClNO3/c1-2-3-4-5-6-7-8-9-14-20-15-16(21)10-12-17(18,19)13-11-16;1-2-18-6-4-8-7-10(13(16)17)11(14)9-3-5-15-12(8)9/h20-21H,2-15H2,1H3;3,5,7,15H,2,4,6H2,1H3,(H,16,17). The van der Waals surface area contributed by atoms with E-state index in [-0.39, 0.29) is 36.3 Å². The van der Waals surface area contributed by atoms with E-state index in [1.807, 2.05) is 6.92 Å². The van der Waals surface area contributed by atoms with Gasteiger partial charge in [0.05, 0.1) is 28.3 Å². The Kier molecular flexibility index (Phi) is 14.7. The molecule has 0 spiro atoms. The Labute approximate surface area is 236 Å². The van der Waals surface area contributed by atoms with Gasteiger partial charge in [-0.2, -0.15) is 0 Å². The van der Waals surface area contributed by atoms with Crippen LogP contribution in [0.5, 0.6) is 0 Å². The fraction of sp³-hybridized carbons (Fsp3) is 0.700. The number of nitrogens with one attached hydrogen (secondary N) is 2. The molecule has 1 saturated carbocycles. The number of ether oxygens (including phenoxy) is 1. The molecule has 0 bridgehead atoms. The summed E-state index contributed by atoms with van der Waals surface area (Å²) in [6.45, 7) is 6.70. The van der Waals surface area contributed by atoms with E-state index in [1.165, 1.54) is 44.9 Å². The summed E-state index contributed by atoms with van der Waals surface area (Å²) in [5, 5.41) is 23.6. The number of fused-ring (bicyclic) bond motifs is 1. The number of carbonyl (C=O) groups is 1. The third-order valence-electron chi connectivity index (χ3n) is 7.38. The van der Waals surface area contributed by atoms with Gasteiger partial charge in [0.15, 0.2) is 0 Å². The number of halogens is 3. The Morgan fingerprint density at radius 3 is 2.33 bits per heavy atom. The van der Waals surface area contributed by atoms with Gasteiger partial charge < -0.3 is 25.3 Å². The van der Waals surface area contributed by atoms with Crippen molar-refractivity contribution in [2.75, 3.05) is 26.3 Å². The Hall–Kier alpha value is -1.74. The number of aromatic amines is 1. The highest BCUT2D eigenvalue weighted by Gasteiger charge is 2.41. The molecule has 1 aliphatic carbocycles. The molecule has 2 aromatic rings. The summed E-state index contributed by atoms with van der Waals surface area (Å²) in [6, 6.07) is 3.40. The van der Waals surface area contributed by atoms with Gasteiger partial charge in [0.1, 0.15) is 0 Å². The van der Waals surface area contributed by atoms with Gasteiger partial charge >= 0.3 is 5.97 Å². The fourth-order valence-corrected chi connectivity index (χ4v) is 5.21. The molecule has 0 unspecified atom stereocenters. The molecule has 0 saturated heterocycles. The summed E-state index contributed by atoms with van der Waals surface area (Å²) in [7, 11) is 0. The van der Waals surface area contributed by atoms with Crippen LogP contribution in [0.2, 0.25) is 5.02 Å². The normalized spacial score (nSPS) is 16.2. The summed E-state index contributed by atoms with van der Waals surface area (Å²) in [5.74, 6) is -3.58. The summed E-state index contributed by atoms with van der Waals surface area (Å²) in [6.07, 6.45) is 12.7. The van der Waals surface area contributed by atoms with Crippen LogP contribution in [0.3, 0.4) is 0 Å². The van der Waals surface area contributed by atoms with Gasteiger partial charge in [-0.05, 0) is 56.8 Å². The second-order valence-corrected chi connectivity index (χ2v) is 11.0. The zero-order valence-electron chi connectivity index (χ0n) is 23.6. The zero-order chi connectivity index (χ0) is 28.7. The average molecular weight is 573 g/mol. The number of aromatic carboxylic acids is 1. The predicted octanol–water partition coefficient (Wildman–Crippen LogP) is 7.76. The lowest BCUT2D eigenvalue weighted by Gasteiger charge is -2.36. The molecule has 3 rings (SSSR count). The van der Waals surface area contributed by atoms with Crippen molar-refractivity contribution in [3.8, 4) is 0 Å². The molecule has 0 amide bonds. The molecule has 6 nitrogen and oxygen atoms in total. The molecule has 1 aliphatic rings. The average Bonchev–Trinajstić information content (AvgIpc) is 3.40. The van der Waals surface area contributed by atoms with Crippen LogP contribution in [-0.4, -0.2) is 59.0 Å². The molecule has 1 heterocycles. The van der Waals surface area contributed by atoms with Crippen molar-refractivity contribution < 1.29 is 28.5 Å². The largest absolute Gasteiger partial charge is 0.478 e. The first-order chi connectivity index (χ1) is 18.6. The van der Waals surface area contributed by atoms with Crippen LogP contribution < -0.4 is 5.32 Å². The number of alkyl halides is 2. The van der Waals surface area contributed by atoms with E-state index in [0.29, 0.717) is 26.2 Å². The van der Waals surface area contributed by atoms with Gasteiger partial charge in [-0.15, -0.1) is 0 Å². The molecule has 0 radical (unpaired) electrons. The number of benzene rings is 1. The lowest BCUT2D eigenvalue weighted by molar-refractivity contribution is -0.102. The van der Waals surface area contributed by atoms with Crippen LogP contribution >= 0.6 is 11.6 Å². The first-order valence-electron chi connectivity index (χ1n) is 14.5. The van der Waals surface area contributed by atoms with Crippen LogP contribution in [0.1, 0.15) is 107 Å². The highest BCUT2D eigenvalue weighted by molar-refractivity contribution is 6.38. The minimum atomic E-state index is -2.57. The zero-order valence-corrected chi connectivity index (χ0v) is 24.4. The van der Waals surface area contributed by atoms with Crippen molar-refractivity contribution in [2.24, 2.45) is 0 Å². The van der Waals surface area contributed by atoms with E-state index in [2.05, 4.69) is 17.2 Å². The smallest absolute Gasteiger partial charge is 0.337 e. The number of carboxylic acids is 1. The second-order valence-electron chi connectivity index (χ2n) is 10.6. The van der Waals surface area contributed by atoms with E-state index < -0.39 is 17.5 Å². The number of aromatic nitrogens is 1. The van der Waals surface area contributed by atoms with Gasteiger partial charge in [-0.25, -0.2) is 13.6 Å². The molecule has 39 heavy (non-hydrogen) atoms. The van der Waals surface area contributed by atoms with Crippen molar-refractivity contribution in [3.63, 3.8) is 0 Å². The maximum absolute atomic E-state index is 13.1. The Morgan fingerprint density at radius 2 is 1.72 bits per heavy atom. The van der Waals surface area contributed by atoms with Crippen molar-refractivity contribution in [3.05, 3.63) is 34.5 Å². The van der Waals surface area contributed by atoms with Crippen LogP contribution in [-0.2, 0) is 11.2 Å². The molecular weight excluding hydrogens is 526 g/mol. The molecule has 1 aromatic heterocycles. The van der Waals surface area contributed by atoms with E-state index in [4.69, 9.17) is 21.4 Å². The van der Waals surface area contributed by atoms with Crippen molar-refractivity contribution >= 4 is 28.5 Å². The Balaban J connectivity index is 0.000000276. The lowest BCUT2D eigenvalue weighted by atomic mass is 9.83. The quantitative estimate of drug-likeness (QED) is 0.154. The SMILES string of the molecule is CCCCCCCCCCNCC1(O)CCC(F)(F)CC1.CCOCCc1cc(C(=O)O)c(Cl)c2cc[nH]c12. The van der Waals surface area contributed by atoms with Gasteiger partial charge in [0.2, 0.25) is 5.92 Å². The maximum Gasteiger partial charge on any atom is 0.337 e. The second kappa shape index (κ2) is 17.2. The topological polar surface area (TPSA) is 94.6 Å². The number of H-pyrrole nitrogens is 1. The summed E-state index contributed by atoms with van der Waals surface area (Å²) < 4.78 is 31.4. The van der Waals surface area contributed by atoms with E-state index >= 15 is 0 Å². The Morgan fingerprint density at radius 1 is 1.08 bits per heavy atom. The minimum Gasteiger partial charge on any atom is -0.478 e. The third kappa shape index (κ3) is 11.7. The van der Waals surface area contributed by atoms with Gasteiger partial charge in [0, 0.05) is 37.6 Å². The summed E-state index contributed by atoms with van der Waals surface area (Å²) in [4.78, 5) is 14.2. The van der Waals surface area contributed by atoms with Crippen molar-refractivity contribution in [1.29, 1.82) is 0 Å². The molecular formula is C30H47ClF2N2O4. The summed E-state index contributed by atoms with van der Waals surface area (Å²) in [5.41, 5.74) is 1.01. The van der Waals surface area contributed by atoms with Crippen LogP contribution in [0.15, 0.2) is 18.3 Å². The number of rotatable bonds is 16. The number of hydrogen-bond acceptors (Lipinski definition) is 4. The van der Waals surface area contributed by atoms with Gasteiger partial charge in [-0.3, -0.25) is 0 Å². The molecule has 0 aliphatic heterocycles. The van der Waals surface area contributed by atoms with Crippen molar-refractivity contribution in [2.45, 2.75) is 109 Å². The lowest BCUT2D eigenvalue weighted by Crippen LogP contribution is -2.46. The highest BCUT2D eigenvalue weighted by atomic mass is 35.5. The van der Waals surface area contributed by atoms with E-state index in [0.717, 1.165) is 29.4 Å². The van der Waals surface area contributed by atoms with E-state index in [1.54, 1.807) is 18.3 Å². The van der Waals surface area contributed by atoms with Crippen LogP contribution in [0, 0.1) is 0 Å². The Bertz CT molecular complexity index is 989. The fourth-order valence-electron chi connectivity index (χ4n) is 4.91. The highest BCUT2D eigenvalue weighted by Crippen LogP contribution is 2.38. The number of hydrogen-bond donors (Lipinski definition) is 4. The molecule has 1 aromatic carbocycles. The van der Waals surface area contributed by atoms with Crippen LogP contribution in [0.4, 0.5) is 8.78 Å². The van der Waals surface area contributed by atoms with E-state index in [9.17, 15) is 18.7 Å². The third-order valence-corrected chi connectivity index (χ3v) is 7.79. The molecule has 1 fully saturated rings. The monoisotopic (exact) mass is 572 g/mol. The molecule has 9 heteroatoms. The first-order valence-corrected chi connectivity index (χ1v) is 14.9. The molecule has 222 valence electrons. The van der Waals surface area contributed by atoms with Gasteiger partial charge in [0.25, 0.3) is 0 Å². The van der Waals surface area contributed by atoms with Crippen molar-refractivity contribution in [1.82, 2.24) is 10.3 Å². The molecule has 0 atom stereocenters. The molecule has 4 N–H and O–H groups in total. The number of carboxylic acid groups (broad SMARTS) is 1. The predicted molar refractivity (Wildman–Crippen MR) is 154 cm³/mol. The number of aliphatic hydroxyl groups is 1. The van der Waals surface area contributed by atoms with Gasteiger partial charge in [-0.1, -0.05) is 63.5 Å². The minimum absolute atomic E-state index is 0.135. The first kappa shape index (κ1) is 33.5. The maximum atomic E-state index is 13.1. The van der Waals surface area contributed by atoms with Crippen LogP contribution in [0.25, 0.3) is 10.9 Å². The summed E-state index contributed by atoms with van der Waals surface area (Å²) >= 11 is 6.08.